The molecule has 0 spiro atoms. The standard InChI is InChI=1S/C10H12N6O3S/c11-9(18)13-7(17)3-5-20-10-15-14-8(16(10)12)6-2-1-4-19-6/h1-2,4H,3,5,12H2,(H3,11,13,17,18). The molecule has 0 unspecified atom stereocenters. The first-order valence-corrected chi connectivity index (χ1v) is 6.53. The molecule has 0 atom stereocenters. The van der Waals surface area contributed by atoms with Gasteiger partial charge in [-0.15, -0.1) is 10.2 Å². The van der Waals surface area contributed by atoms with Crippen LogP contribution in [0.5, 0.6) is 0 Å². The van der Waals surface area contributed by atoms with Gasteiger partial charge in [0, 0.05) is 12.2 Å². The van der Waals surface area contributed by atoms with Gasteiger partial charge in [0.2, 0.25) is 16.9 Å². The molecular weight excluding hydrogens is 284 g/mol. The minimum absolute atomic E-state index is 0.108. The number of amides is 3. The minimum Gasteiger partial charge on any atom is -0.461 e. The van der Waals surface area contributed by atoms with E-state index in [1.807, 2.05) is 5.32 Å². The number of carbonyl (C=O) groups excluding carboxylic acids is 2. The van der Waals surface area contributed by atoms with Crippen LogP contribution in [0.3, 0.4) is 0 Å². The lowest BCUT2D eigenvalue weighted by molar-refractivity contribution is -0.119. The third kappa shape index (κ3) is 3.29. The molecule has 0 saturated carbocycles. The SMILES string of the molecule is NC(=O)NC(=O)CCSc1nnc(-c2ccco2)n1N. The van der Waals surface area contributed by atoms with Gasteiger partial charge in [-0.3, -0.25) is 10.1 Å². The largest absolute Gasteiger partial charge is 0.461 e. The molecule has 0 aromatic carbocycles. The maximum Gasteiger partial charge on any atom is 0.318 e. The number of nitrogens with two attached hydrogens (primary N) is 2. The highest BCUT2D eigenvalue weighted by Gasteiger charge is 2.14. The Morgan fingerprint density at radius 2 is 2.25 bits per heavy atom. The van der Waals surface area contributed by atoms with Crippen molar-refractivity contribution in [2.45, 2.75) is 11.6 Å². The van der Waals surface area contributed by atoms with Crippen LogP contribution in [0, 0.1) is 0 Å². The van der Waals surface area contributed by atoms with Gasteiger partial charge in [0.15, 0.2) is 5.76 Å². The second kappa shape index (κ2) is 6.10. The summed E-state index contributed by atoms with van der Waals surface area (Å²) >= 11 is 1.23. The number of rotatable bonds is 5. The van der Waals surface area contributed by atoms with Crippen molar-refractivity contribution in [3.8, 4) is 11.6 Å². The molecule has 0 aliphatic heterocycles. The summed E-state index contributed by atoms with van der Waals surface area (Å²) in [6.45, 7) is 0. The Kier molecular flexibility index (Phi) is 4.25. The van der Waals surface area contributed by atoms with Gasteiger partial charge in [-0.25, -0.2) is 9.47 Å². The van der Waals surface area contributed by atoms with E-state index in [4.69, 9.17) is 16.0 Å². The number of nitrogens with one attached hydrogen (secondary N) is 1. The zero-order chi connectivity index (χ0) is 14.5. The third-order valence-electron chi connectivity index (χ3n) is 2.23. The Labute approximate surface area is 117 Å². The van der Waals surface area contributed by atoms with Crippen LogP contribution in [0.2, 0.25) is 0 Å². The van der Waals surface area contributed by atoms with Crippen molar-refractivity contribution in [1.29, 1.82) is 0 Å². The lowest BCUT2D eigenvalue weighted by atomic mass is 10.4. The summed E-state index contributed by atoms with van der Waals surface area (Å²) in [7, 11) is 0. The summed E-state index contributed by atoms with van der Waals surface area (Å²) in [6.07, 6.45) is 1.61. The van der Waals surface area contributed by atoms with Crippen LogP contribution in [0.1, 0.15) is 6.42 Å². The molecule has 9 nitrogen and oxygen atoms in total. The second-order valence-corrected chi connectivity index (χ2v) is 4.73. The van der Waals surface area contributed by atoms with Crippen LogP contribution >= 0.6 is 11.8 Å². The van der Waals surface area contributed by atoms with Gasteiger partial charge in [0.25, 0.3) is 0 Å². The quantitative estimate of drug-likeness (QED) is 0.517. The van der Waals surface area contributed by atoms with Gasteiger partial charge in [0.1, 0.15) is 0 Å². The number of furan rings is 1. The van der Waals surface area contributed by atoms with Crippen molar-refractivity contribution in [3.63, 3.8) is 0 Å². The molecule has 0 bridgehead atoms. The topological polar surface area (TPSA) is 142 Å². The molecule has 106 valence electrons. The van der Waals surface area contributed by atoms with E-state index in [1.165, 1.54) is 22.7 Å². The van der Waals surface area contributed by atoms with E-state index in [9.17, 15) is 9.59 Å². The van der Waals surface area contributed by atoms with Crippen molar-refractivity contribution in [2.75, 3.05) is 11.6 Å². The van der Waals surface area contributed by atoms with E-state index in [1.54, 1.807) is 12.1 Å². The lowest BCUT2D eigenvalue weighted by Gasteiger charge is -2.02. The molecule has 0 aliphatic rings. The van der Waals surface area contributed by atoms with E-state index >= 15 is 0 Å². The van der Waals surface area contributed by atoms with Gasteiger partial charge < -0.3 is 16.0 Å². The fourth-order valence-corrected chi connectivity index (χ4v) is 2.18. The number of hydrogen-bond donors (Lipinski definition) is 3. The average Bonchev–Trinajstić information content (AvgIpc) is 2.99. The maximum absolute atomic E-state index is 11.2. The van der Waals surface area contributed by atoms with E-state index in [0.717, 1.165) is 0 Å². The van der Waals surface area contributed by atoms with Crippen molar-refractivity contribution in [2.24, 2.45) is 5.73 Å². The fourth-order valence-electron chi connectivity index (χ4n) is 1.38. The van der Waals surface area contributed by atoms with Crippen molar-refractivity contribution in [3.05, 3.63) is 18.4 Å². The average molecular weight is 296 g/mol. The normalized spacial score (nSPS) is 10.4. The lowest BCUT2D eigenvalue weighted by Crippen LogP contribution is -2.35. The number of carbonyl (C=O) groups is 2. The molecule has 0 saturated heterocycles. The number of hydrogen-bond acceptors (Lipinski definition) is 7. The van der Waals surface area contributed by atoms with Crippen LogP contribution in [-0.4, -0.2) is 32.6 Å². The first-order chi connectivity index (χ1) is 9.58. The van der Waals surface area contributed by atoms with Gasteiger partial charge in [-0.05, 0) is 12.1 Å². The molecule has 10 heteroatoms. The summed E-state index contributed by atoms with van der Waals surface area (Å²) < 4.78 is 6.45. The molecule has 2 heterocycles. The van der Waals surface area contributed by atoms with Crippen molar-refractivity contribution >= 4 is 23.7 Å². The number of thioether (sulfide) groups is 1. The zero-order valence-electron chi connectivity index (χ0n) is 10.3. The molecule has 5 N–H and O–H groups in total. The molecule has 0 aliphatic carbocycles. The van der Waals surface area contributed by atoms with E-state index in [-0.39, 0.29) is 6.42 Å². The number of nitrogen functional groups attached to an aromatic ring is 1. The summed E-state index contributed by atoms with van der Waals surface area (Å²) in [5.41, 5.74) is 4.82. The van der Waals surface area contributed by atoms with Crippen molar-refractivity contribution < 1.29 is 14.0 Å². The van der Waals surface area contributed by atoms with Gasteiger partial charge in [0.05, 0.1) is 6.26 Å². The Hall–Kier alpha value is -2.49. The molecule has 3 amide bonds. The molecule has 20 heavy (non-hydrogen) atoms. The van der Waals surface area contributed by atoms with E-state index < -0.39 is 11.9 Å². The number of aromatic nitrogens is 3. The predicted molar refractivity (Wildman–Crippen MR) is 70.9 cm³/mol. The van der Waals surface area contributed by atoms with Crippen LogP contribution in [0.15, 0.2) is 28.0 Å². The predicted octanol–water partition coefficient (Wildman–Crippen LogP) is -0.0710. The van der Waals surface area contributed by atoms with Crippen LogP contribution < -0.4 is 16.9 Å². The highest BCUT2D eigenvalue weighted by Crippen LogP contribution is 2.21. The summed E-state index contributed by atoms with van der Waals surface area (Å²) in [4.78, 5) is 21.7. The van der Waals surface area contributed by atoms with E-state index in [0.29, 0.717) is 22.5 Å². The van der Waals surface area contributed by atoms with Crippen LogP contribution in [0.25, 0.3) is 11.6 Å². The smallest absolute Gasteiger partial charge is 0.318 e. The first-order valence-electron chi connectivity index (χ1n) is 5.54. The Morgan fingerprint density at radius 1 is 1.45 bits per heavy atom. The molecule has 0 fully saturated rings. The number of nitrogens with zero attached hydrogens (tertiary/aromatic N) is 3. The number of imide groups is 1. The van der Waals surface area contributed by atoms with Gasteiger partial charge >= 0.3 is 6.03 Å². The first kappa shape index (κ1) is 13.9. The number of urea groups is 1. The highest BCUT2D eigenvalue weighted by molar-refractivity contribution is 7.99. The molecule has 2 aromatic heterocycles. The highest BCUT2D eigenvalue weighted by atomic mass is 32.2. The van der Waals surface area contributed by atoms with Gasteiger partial charge in [-0.2, -0.15) is 0 Å². The molecule has 2 rings (SSSR count). The zero-order valence-corrected chi connectivity index (χ0v) is 11.1. The van der Waals surface area contributed by atoms with E-state index in [2.05, 4.69) is 10.2 Å². The number of primary amides is 1. The fraction of sp³-hybridized carbons (Fsp3) is 0.200. The summed E-state index contributed by atoms with van der Waals surface area (Å²) in [6, 6.07) is 2.55. The van der Waals surface area contributed by atoms with Crippen molar-refractivity contribution in [1.82, 2.24) is 20.2 Å². The van der Waals surface area contributed by atoms with Gasteiger partial charge in [-0.1, -0.05) is 11.8 Å². The van der Waals surface area contributed by atoms with Crippen LogP contribution in [-0.2, 0) is 4.79 Å². The summed E-state index contributed by atoms with van der Waals surface area (Å²) in [5, 5.41) is 10.2. The molecular formula is C10H12N6O3S. The second-order valence-electron chi connectivity index (χ2n) is 3.66. The Morgan fingerprint density at radius 3 is 2.90 bits per heavy atom. The summed E-state index contributed by atoms with van der Waals surface area (Å²) in [5.74, 6) is 6.64. The molecule has 0 radical (unpaired) electrons. The monoisotopic (exact) mass is 296 g/mol. The Bertz CT molecular complexity index is 609. The third-order valence-corrected chi connectivity index (χ3v) is 3.17. The maximum atomic E-state index is 11.2. The minimum atomic E-state index is -0.873. The Balaban J connectivity index is 1.91. The van der Waals surface area contributed by atoms with Crippen LogP contribution in [0.4, 0.5) is 4.79 Å². The molecule has 2 aromatic rings.